The third-order valence-electron chi connectivity index (χ3n) is 3.83. The van der Waals surface area contributed by atoms with Crippen LogP contribution >= 0.6 is 0 Å². The number of esters is 1. The molecule has 5 heteroatoms. The second-order valence-corrected chi connectivity index (χ2v) is 5.28. The molecular formula is C16H20FNO3. The molecule has 0 bridgehead atoms. The van der Waals surface area contributed by atoms with Crippen molar-refractivity contribution in [1.29, 1.82) is 0 Å². The van der Waals surface area contributed by atoms with Gasteiger partial charge in [0.2, 0.25) is 0 Å². The number of hydrogen-bond acceptors (Lipinski definition) is 3. The fourth-order valence-corrected chi connectivity index (χ4v) is 2.57. The molecule has 114 valence electrons. The summed E-state index contributed by atoms with van der Waals surface area (Å²) in [5, 5.41) is 0. The highest BCUT2D eigenvalue weighted by Gasteiger charge is 2.29. The number of carbonyl (C=O) groups excluding carboxylic acids is 2. The number of hydrogen-bond donors (Lipinski definition) is 0. The van der Waals surface area contributed by atoms with Crippen molar-refractivity contribution >= 4 is 11.9 Å². The number of amides is 1. The van der Waals surface area contributed by atoms with E-state index in [2.05, 4.69) is 0 Å². The molecule has 1 aliphatic rings. The van der Waals surface area contributed by atoms with Gasteiger partial charge in [-0.3, -0.25) is 9.59 Å². The Balaban J connectivity index is 2.00. The van der Waals surface area contributed by atoms with Crippen LogP contribution < -0.4 is 0 Å². The molecule has 0 radical (unpaired) electrons. The molecule has 0 atom stereocenters. The maximum absolute atomic E-state index is 13.3. The lowest BCUT2D eigenvalue weighted by molar-refractivity contribution is -0.149. The van der Waals surface area contributed by atoms with E-state index >= 15 is 0 Å². The van der Waals surface area contributed by atoms with Gasteiger partial charge in [0, 0.05) is 18.7 Å². The number of likely N-dealkylation sites (tertiary alicyclic amines) is 1. The van der Waals surface area contributed by atoms with E-state index in [0.717, 1.165) is 5.56 Å². The van der Waals surface area contributed by atoms with Crippen LogP contribution in [0.15, 0.2) is 18.2 Å². The molecular weight excluding hydrogens is 273 g/mol. The normalized spacial score (nSPS) is 15.9. The van der Waals surface area contributed by atoms with E-state index in [4.69, 9.17) is 4.74 Å². The summed E-state index contributed by atoms with van der Waals surface area (Å²) in [6.07, 6.45) is 1.19. The number of aryl methyl sites for hydroxylation is 1. The van der Waals surface area contributed by atoms with Crippen molar-refractivity contribution in [2.45, 2.75) is 26.7 Å². The fourth-order valence-electron chi connectivity index (χ4n) is 2.57. The molecule has 0 unspecified atom stereocenters. The molecule has 1 amide bonds. The molecule has 0 saturated carbocycles. The first kappa shape index (κ1) is 15.5. The highest BCUT2D eigenvalue weighted by molar-refractivity contribution is 5.95. The molecule has 21 heavy (non-hydrogen) atoms. The molecule has 2 rings (SSSR count). The van der Waals surface area contributed by atoms with Gasteiger partial charge in [-0.25, -0.2) is 4.39 Å². The molecule has 1 aromatic carbocycles. The zero-order chi connectivity index (χ0) is 15.4. The van der Waals surface area contributed by atoms with Crippen molar-refractivity contribution in [1.82, 2.24) is 4.90 Å². The lowest BCUT2D eigenvalue weighted by Gasteiger charge is -2.31. The molecule has 1 heterocycles. The minimum absolute atomic E-state index is 0.136. The van der Waals surface area contributed by atoms with E-state index < -0.39 is 5.82 Å². The first-order valence-corrected chi connectivity index (χ1v) is 7.25. The Morgan fingerprint density at radius 2 is 2.00 bits per heavy atom. The van der Waals surface area contributed by atoms with E-state index in [0.29, 0.717) is 38.1 Å². The average molecular weight is 293 g/mol. The summed E-state index contributed by atoms with van der Waals surface area (Å²) in [4.78, 5) is 25.8. The number of halogens is 1. The summed E-state index contributed by atoms with van der Waals surface area (Å²) in [6, 6.07) is 4.22. The number of nitrogens with zero attached hydrogens (tertiary/aromatic N) is 1. The van der Waals surface area contributed by atoms with Gasteiger partial charge in [0.15, 0.2) is 0 Å². The Hall–Kier alpha value is -1.91. The first-order chi connectivity index (χ1) is 10.0. The Kier molecular flexibility index (Phi) is 4.94. The van der Waals surface area contributed by atoms with Crippen LogP contribution in [-0.4, -0.2) is 36.5 Å². The molecule has 1 saturated heterocycles. The highest BCUT2D eigenvalue weighted by Crippen LogP contribution is 2.21. The van der Waals surface area contributed by atoms with Gasteiger partial charge in [-0.15, -0.1) is 0 Å². The second-order valence-electron chi connectivity index (χ2n) is 5.28. The van der Waals surface area contributed by atoms with Crippen LogP contribution in [0.5, 0.6) is 0 Å². The summed E-state index contributed by atoms with van der Waals surface area (Å²) in [7, 11) is 0. The van der Waals surface area contributed by atoms with Crippen molar-refractivity contribution in [2.75, 3.05) is 19.7 Å². The number of carbonyl (C=O) groups is 2. The van der Waals surface area contributed by atoms with Gasteiger partial charge in [0.05, 0.1) is 12.5 Å². The maximum atomic E-state index is 13.3. The van der Waals surface area contributed by atoms with Crippen molar-refractivity contribution in [3.63, 3.8) is 0 Å². The summed E-state index contributed by atoms with van der Waals surface area (Å²) >= 11 is 0. The maximum Gasteiger partial charge on any atom is 0.309 e. The van der Waals surface area contributed by atoms with Gasteiger partial charge in [0.25, 0.3) is 5.91 Å². The van der Waals surface area contributed by atoms with Crippen molar-refractivity contribution in [3.05, 3.63) is 35.1 Å². The van der Waals surface area contributed by atoms with E-state index in [1.165, 1.54) is 12.1 Å². The molecule has 0 aliphatic carbocycles. The van der Waals surface area contributed by atoms with E-state index in [9.17, 15) is 14.0 Å². The van der Waals surface area contributed by atoms with Crippen molar-refractivity contribution in [2.24, 2.45) is 5.92 Å². The summed E-state index contributed by atoms with van der Waals surface area (Å²) < 4.78 is 18.3. The van der Waals surface area contributed by atoms with Crippen molar-refractivity contribution in [3.8, 4) is 0 Å². The molecule has 1 fully saturated rings. The molecule has 1 aromatic rings. The zero-order valence-electron chi connectivity index (χ0n) is 12.4. The van der Waals surface area contributed by atoms with E-state index in [1.807, 2.05) is 0 Å². The highest BCUT2D eigenvalue weighted by atomic mass is 19.1. The molecule has 0 spiro atoms. The van der Waals surface area contributed by atoms with Gasteiger partial charge in [0.1, 0.15) is 5.82 Å². The number of piperidine rings is 1. The number of ether oxygens (including phenoxy) is 1. The Labute approximate surface area is 123 Å². The molecule has 4 nitrogen and oxygen atoms in total. The van der Waals surface area contributed by atoms with Crippen LogP contribution in [-0.2, 0) is 9.53 Å². The molecule has 0 N–H and O–H groups in total. The van der Waals surface area contributed by atoms with Gasteiger partial charge < -0.3 is 9.64 Å². The van der Waals surface area contributed by atoms with Crippen LogP contribution in [0.25, 0.3) is 0 Å². The fraction of sp³-hybridized carbons (Fsp3) is 0.500. The Morgan fingerprint density at radius 3 is 2.62 bits per heavy atom. The van der Waals surface area contributed by atoms with Crippen molar-refractivity contribution < 1.29 is 18.7 Å². The predicted molar refractivity (Wildman–Crippen MR) is 76.4 cm³/mol. The minimum Gasteiger partial charge on any atom is -0.466 e. The van der Waals surface area contributed by atoms with Gasteiger partial charge in [-0.2, -0.15) is 0 Å². The van der Waals surface area contributed by atoms with E-state index in [-0.39, 0.29) is 17.8 Å². The quantitative estimate of drug-likeness (QED) is 0.805. The van der Waals surface area contributed by atoms with Gasteiger partial charge in [-0.1, -0.05) is 6.07 Å². The molecule has 1 aliphatic heterocycles. The largest absolute Gasteiger partial charge is 0.466 e. The lowest BCUT2D eigenvalue weighted by atomic mass is 9.96. The third kappa shape index (κ3) is 3.60. The van der Waals surface area contributed by atoms with Crippen LogP contribution in [0, 0.1) is 18.7 Å². The van der Waals surface area contributed by atoms with Gasteiger partial charge >= 0.3 is 5.97 Å². The SMILES string of the molecule is CCOC(=O)C1CCN(C(=O)c2cc(F)ccc2C)CC1. The summed E-state index contributed by atoms with van der Waals surface area (Å²) in [5.74, 6) is -0.909. The van der Waals surface area contributed by atoms with Crippen LogP contribution in [0.4, 0.5) is 4.39 Å². The minimum atomic E-state index is -0.412. The number of rotatable bonds is 3. The topological polar surface area (TPSA) is 46.6 Å². The standard InChI is InChI=1S/C16H20FNO3/c1-3-21-16(20)12-6-8-18(9-7-12)15(19)14-10-13(17)5-4-11(14)2/h4-5,10,12H,3,6-9H2,1-2H3. The summed E-state index contributed by atoms with van der Waals surface area (Å²) in [5.41, 5.74) is 1.15. The third-order valence-corrected chi connectivity index (χ3v) is 3.83. The predicted octanol–water partition coefficient (Wildman–Crippen LogP) is 2.55. The van der Waals surface area contributed by atoms with E-state index in [1.54, 1.807) is 24.8 Å². The van der Waals surface area contributed by atoms with Crippen LogP contribution in [0.1, 0.15) is 35.7 Å². The average Bonchev–Trinajstić information content (AvgIpc) is 2.49. The zero-order valence-corrected chi connectivity index (χ0v) is 12.4. The smallest absolute Gasteiger partial charge is 0.309 e. The number of benzene rings is 1. The van der Waals surface area contributed by atoms with Crippen LogP contribution in [0.2, 0.25) is 0 Å². The van der Waals surface area contributed by atoms with Gasteiger partial charge in [-0.05, 0) is 44.4 Å². The molecule has 0 aromatic heterocycles. The Morgan fingerprint density at radius 1 is 1.33 bits per heavy atom. The summed E-state index contributed by atoms with van der Waals surface area (Å²) in [6.45, 7) is 4.94. The first-order valence-electron chi connectivity index (χ1n) is 7.25. The Bertz CT molecular complexity index is 536. The van der Waals surface area contributed by atoms with Crippen LogP contribution in [0.3, 0.4) is 0 Å². The lowest BCUT2D eigenvalue weighted by Crippen LogP contribution is -2.40. The monoisotopic (exact) mass is 293 g/mol. The second kappa shape index (κ2) is 6.70.